The van der Waals surface area contributed by atoms with Crippen LogP contribution in [0.25, 0.3) is 0 Å². The van der Waals surface area contributed by atoms with Gasteiger partial charge in [0.25, 0.3) is 0 Å². The van der Waals surface area contributed by atoms with Crippen molar-refractivity contribution in [2.45, 2.75) is 259 Å². The highest BCUT2D eigenvalue weighted by Crippen LogP contribution is 2.44. The Hall–Kier alpha value is -7.59. The highest BCUT2D eigenvalue weighted by molar-refractivity contribution is 7.58. The van der Waals surface area contributed by atoms with Gasteiger partial charge in [-0.3, -0.25) is 23.5 Å². The van der Waals surface area contributed by atoms with E-state index in [0.29, 0.717) is 25.2 Å². The van der Waals surface area contributed by atoms with Crippen LogP contribution in [0.1, 0.15) is 259 Å². The van der Waals surface area contributed by atoms with E-state index in [4.69, 9.17) is 30.1 Å². The van der Waals surface area contributed by atoms with Gasteiger partial charge >= 0.3 is 0 Å². The number of nitriles is 4. The summed E-state index contributed by atoms with van der Waals surface area (Å²) in [5, 5.41) is 33.6. The molecule has 0 aromatic carbocycles. The molecule has 10 rings (SSSR count). The van der Waals surface area contributed by atoms with Crippen LogP contribution < -0.4 is 0 Å². The number of allylic oxidation sites excluding steroid dienone is 38. The van der Waals surface area contributed by atoms with Crippen LogP contribution in [0.4, 0.5) is 0 Å². The number of nitrogens with zero attached hydrogens (tertiary/aromatic N) is 4. The molecule has 0 saturated carbocycles. The maximum Gasteiger partial charge on any atom is 0.213 e. The molecule has 0 heterocycles. The summed E-state index contributed by atoms with van der Waals surface area (Å²) in [6.45, 7) is 13.2. The minimum Gasteiger partial charge on any atom is -0.329 e. The third kappa shape index (κ3) is 38.4. The van der Waals surface area contributed by atoms with Gasteiger partial charge in [0, 0.05) is 44.1 Å². The zero-order valence-corrected chi connectivity index (χ0v) is 66.2. The largest absolute Gasteiger partial charge is 0.329 e. The minimum absolute atomic E-state index is 0.0147. The molecule has 558 valence electrons. The molecule has 0 spiro atoms. The average Bonchev–Trinajstić information content (AvgIpc) is 0.901. The minimum atomic E-state index is -2.55. The highest BCUT2D eigenvalue weighted by Gasteiger charge is 2.20. The number of hydrogen-bond donors (Lipinski definition) is 0. The smallest absolute Gasteiger partial charge is 0.213 e. The van der Waals surface area contributed by atoms with Crippen LogP contribution in [0.2, 0.25) is 0 Å². The standard InChI is InChI=1S/C19H23N.C19H24O.C14H17N.C14H18O.C12H16O.C8H14NO2P.C5H10NO2P/c2*1-16(13-14-20)7-5-8-17-9-6-12-19(15-17)18-10-3-2-4-11-18;2*15-10-9-12-5-4-8-14(11-12)13-6-2-1-3-7-13;13-12-8-4-7-11(9-12)10-5-2-1-3-6-10;1-4-11-12(3,10)7-8(2)5-6-9;1-3-8-9(2,7)5-4-6/h5,7-8,10,13,15H,2-4,6,9,11-12H2,1H3;5,7-8,10,13-15H,2-4,6,9,11-12H2,1H3;6,9,11H,1-5,7-8H2;6,9-11H,1-5,7-8H2;5,9H,1-4,6-8H2;5H,4,7H2,1-3H3;3,5H2,1-2H3/b2*7-5+,16-13+,17-8+;2*12-9+;;8-5+;. The average molecular weight is 1450 g/mol. The van der Waals surface area contributed by atoms with Crippen LogP contribution >= 0.6 is 14.7 Å². The first-order valence-corrected chi connectivity index (χ1v) is 43.4. The lowest BCUT2D eigenvalue weighted by molar-refractivity contribution is -0.115. The van der Waals surface area contributed by atoms with E-state index in [1.807, 2.05) is 38.1 Å². The summed E-state index contributed by atoms with van der Waals surface area (Å²) in [6.07, 6.45) is 88.6. The summed E-state index contributed by atoms with van der Waals surface area (Å²) < 4.78 is 32.4. The molecule has 11 nitrogen and oxygen atoms in total. The lowest BCUT2D eigenvalue weighted by atomic mass is 9.85. The molecule has 2 unspecified atom stereocenters. The van der Waals surface area contributed by atoms with E-state index in [9.17, 15) is 23.5 Å². The first-order valence-electron chi connectivity index (χ1n) is 38.9. The number of carbonyl (C=O) groups is 3. The maximum absolute atomic E-state index is 11.5. The van der Waals surface area contributed by atoms with Crippen LogP contribution in [0.3, 0.4) is 0 Å². The van der Waals surface area contributed by atoms with E-state index in [-0.39, 0.29) is 6.16 Å². The second-order valence-corrected chi connectivity index (χ2v) is 33.6. The topological polar surface area (TPSA) is 199 Å². The number of hydrogen-bond acceptors (Lipinski definition) is 11. The van der Waals surface area contributed by atoms with Crippen molar-refractivity contribution in [1.82, 2.24) is 0 Å². The summed E-state index contributed by atoms with van der Waals surface area (Å²) in [4.78, 5) is 32.0. The molecule has 104 heavy (non-hydrogen) atoms. The van der Waals surface area contributed by atoms with Gasteiger partial charge < -0.3 is 9.05 Å². The van der Waals surface area contributed by atoms with Crippen molar-refractivity contribution in [3.63, 3.8) is 0 Å². The maximum atomic E-state index is 11.5. The molecule has 0 saturated heterocycles. The molecule has 0 amide bonds. The first kappa shape index (κ1) is 88.8. The molecular weight excluding hydrogens is 1320 g/mol. The predicted octanol–water partition coefficient (Wildman–Crippen LogP) is 25.6. The fraction of sp³-hybridized carbons (Fsp3) is 0.505. The zero-order valence-electron chi connectivity index (χ0n) is 64.4. The number of aldehydes is 2. The van der Waals surface area contributed by atoms with E-state index in [0.717, 1.165) is 67.8 Å². The molecule has 10 aliphatic carbocycles. The van der Waals surface area contributed by atoms with Gasteiger partial charge in [-0.2, -0.15) is 21.0 Å². The number of ketones is 1. The molecule has 0 bridgehead atoms. The quantitative estimate of drug-likeness (QED) is 0.0416. The second-order valence-electron chi connectivity index (χ2n) is 28.4. The molecule has 0 radical (unpaired) electrons. The molecule has 2 atom stereocenters. The van der Waals surface area contributed by atoms with Crippen molar-refractivity contribution in [2.75, 3.05) is 38.9 Å². The van der Waals surface area contributed by atoms with Gasteiger partial charge in [0.15, 0.2) is 5.78 Å². The molecule has 10 aliphatic rings. The Kier molecular flexibility index (Phi) is 45.4. The van der Waals surface area contributed by atoms with Crippen molar-refractivity contribution >= 4 is 33.1 Å². The second kappa shape index (κ2) is 53.2. The molecule has 0 aliphatic heterocycles. The first-order chi connectivity index (χ1) is 50.4. The Morgan fingerprint density at radius 2 is 0.769 bits per heavy atom. The van der Waals surface area contributed by atoms with Crippen LogP contribution in [-0.4, -0.2) is 57.2 Å². The SMILES string of the molecule is CC(/C=C/C=C1/C=C(C2=CCCCC2)CCC1)=C\C#N.CC(/C=C/C=C1/C=C(C2=CCCCC2)CCC1)=C\C=O.CCOP(C)(=O)C/C(C)=C/C#N.CCOP(C)(=O)CC#N.N#C/C=C1/C=C(C2=CCCCC2)CCC1.O=C/C=C1/C=C(C2=CCCCC2)CCC1.O=C1C=C(C2=CCCCC2)CCC1. The van der Waals surface area contributed by atoms with Gasteiger partial charge in [0.2, 0.25) is 14.7 Å². The summed E-state index contributed by atoms with van der Waals surface area (Å²) in [6, 6.07) is 7.89. The third-order valence-electron chi connectivity index (χ3n) is 19.3. The zero-order chi connectivity index (χ0) is 75.5. The lowest BCUT2D eigenvalue weighted by Crippen LogP contribution is -2.05. The van der Waals surface area contributed by atoms with Crippen LogP contribution in [0, 0.1) is 45.3 Å². The van der Waals surface area contributed by atoms with Crippen molar-refractivity contribution in [3.8, 4) is 24.3 Å². The van der Waals surface area contributed by atoms with Gasteiger partial charge in [-0.15, -0.1) is 0 Å². The summed E-state index contributed by atoms with van der Waals surface area (Å²) in [5.41, 5.74) is 23.2. The van der Waals surface area contributed by atoms with Crippen molar-refractivity contribution in [2.24, 2.45) is 0 Å². The number of carbonyl (C=O) groups excluding carboxylic acids is 3. The Labute approximate surface area is 627 Å². The van der Waals surface area contributed by atoms with Gasteiger partial charge in [-0.25, -0.2) is 0 Å². The third-order valence-corrected chi connectivity index (χ3v) is 22.7. The fourth-order valence-corrected chi connectivity index (χ4v) is 16.7. The molecule has 0 aromatic heterocycles. The molecule has 13 heteroatoms. The van der Waals surface area contributed by atoms with Gasteiger partial charge in [-0.1, -0.05) is 96.7 Å². The summed E-state index contributed by atoms with van der Waals surface area (Å²) in [5.74, 6) is 0.327. The van der Waals surface area contributed by atoms with Crippen molar-refractivity contribution in [3.05, 3.63) is 222 Å². The summed E-state index contributed by atoms with van der Waals surface area (Å²) in [7, 11) is -5.05. The number of rotatable bonds is 18. The molecule has 0 N–H and O–H groups in total. The Morgan fingerprint density at radius 1 is 0.413 bits per heavy atom. The van der Waals surface area contributed by atoms with Crippen molar-refractivity contribution < 1.29 is 32.6 Å². The van der Waals surface area contributed by atoms with E-state index in [1.165, 1.54) is 249 Å². The van der Waals surface area contributed by atoms with Gasteiger partial charge in [-0.05, 0) is 360 Å². The molecule has 0 fully saturated rings. The summed E-state index contributed by atoms with van der Waals surface area (Å²) >= 11 is 0. The highest BCUT2D eigenvalue weighted by atomic mass is 31.2. The van der Waals surface area contributed by atoms with Crippen LogP contribution in [0.15, 0.2) is 222 Å². The van der Waals surface area contributed by atoms with E-state index in [1.54, 1.807) is 85.7 Å². The van der Waals surface area contributed by atoms with Gasteiger partial charge in [0.1, 0.15) is 18.7 Å². The normalized spacial score (nSPS) is 22.1. The predicted molar refractivity (Wildman–Crippen MR) is 434 cm³/mol. The molecular formula is C91H122N4O7P2. The molecule has 0 aromatic rings. The van der Waals surface area contributed by atoms with E-state index >= 15 is 0 Å². The van der Waals surface area contributed by atoms with Crippen LogP contribution in [-0.2, 0) is 32.6 Å². The van der Waals surface area contributed by atoms with E-state index in [2.05, 4.69) is 91.1 Å². The Bertz CT molecular complexity index is 3760. The van der Waals surface area contributed by atoms with Crippen LogP contribution in [0.5, 0.6) is 0 Å². The Balaban J connectivity index is 0.000000260. The monoisotopic (exact) mass is 1440 g/mol. The lowest BCUT2D eigenvalue weighted by Gasteiger charge is -2.20. The van der Waals surface area contributed by atoms with E-state index < -0.39 is 14.7 Å². The Morgan fingerprint density at radius 3 is 1.12 bits per heavy atom. The van der Waals surface area contributed by atoms with Crippen molar-refractivity contribution in [1.29, 1.82) is 21.0 Å². The fourth-order valence-electron chi connectivity index (χ4n) is 14.1. The van der Waals surface area contributed by atoms with Gasteiger partial charge in [0.05, 0.1) is 37.5 Å².